The number of rotatable bonds is 0. The fourth-order valence-corrected chi connectivity index (χ4v) is 0. The summed E-state index contributed by atoms with van der Waals surface area (Å²) in [6, 6.07) is 0. The van der Waals surface area contributed by atoms with Crippen LogP contribution in [0.15, 0.2) is 0 Å². The molecule has 2 unspecified atom stereocenters. The fourth-order valence-electron chi connectivity index (χ4n) is 0. The first-order valence-electron chi connectivity index (χ1n) is 0. The van der Waals surface area contributed by atoms with Gasteiger partial charge in [0.05, 0.1) is 0 Å². The topological polar surface area (TPSA) is 189 Å². The maximum absolute atomic E-state index is 0. The lowest BCUT2D eigenvalue weighted by molar-refractivity contribution is 0.823. The standard InChI is InChI=1S/6H2O.2H3P/h6*1H2;2*1H3. The van der Waals surface area contributed by atoms with Gasteiger partial charge in [-0.2, -0.15) is 19.8 Å². The lowest BCUT2D eigenvalue weighted by Crippen LogP contribution is -0.290. The van der Waals surface area contributed by atoms with E-state index in [4.69, 9.17) is 0 Å². The van der Waals surface area contributed by atoms with Crippen molar-refractivity contribution in [1.29, 1.82) is 0 Å². The maximum Gasteiger partial charge on any atom is -0.153 e. The Bertz CT molecular complexity index is 6.49. The third kappa shape index (κ3) is 544. The van der Waals surface area contributed by atoms with Crippen molar-refractivity contribution in [3.05, 3.63) is 0 Å². The van der Waals surface area contributed by atoms with Crippen LogP contribution in [0.2, 0.25) is 0 Å². The monoisotopic (exact) mass is 176 g/mol. The van der Waals surface area contributed by atoms with Crippen LogP contribution < -0.4 is 0 Å². The van der Waals surface area contributed by atoms with Crippen LogP contribution in [-0.4, -0.2) is 32.9 Å². The van der Waals surface area contributed by atoms with Crippen LogP contribution in [0.1, 0.15) is 0 Å². The molecular weight excluding hydrogens is 158 g/mol. The molecule has 8 heteroatoms. The predicted molar refractivity (Wildman–Crippen MR) is 43.9 cm³/mol. The van der Waals surface area contributed by atoms with Gasteiger partial charge in [-0.3, -0.25) is 0 Å². The molecule has 6 nitrogen and oxygen atoms in total. The summed E-state index contributed by atoms with van der Waals surface area (Å²) in [5, 5.41) is 0. The quantitative estimate of drug-likeness (QED) is 0.320. The van der Waals surface area contributed by atoms with Gasteiger partial charge in [0.2, 0.25) is 0 Å². The van der Waals surface area contributed by atoms with E-state index in [9.17, 15) is 0 Å². The Labute approximate surface area is 53.8 Å². The molecule has 0 radical (unpaired) electrons. The molecule has 0 aliphatic heterocycles. The van der Waals surface area contributed by atoms with Crippen molar-refractivity contribution >= 4 is 19.8 Å². The van der Waals surface area contributed by atoms with Crippen LogP contribution in [0.3, 0.4) is 0 Å². The maximum atomic E-state index is 0. The zero-order chi connectivity index (χ0) is 0. The first kappa shape index (κ1) is 1300. The highest BCUT2D eigenvalue weighted by atomic mass is 31.0. The average molecular weight is 176 g/mol. The summed E-state index contributed by atoms with van der Waals surface area (Å²) in [5.41, 5.74) is 0. The smallest absolute Gasteiger partial charge is 0.153 e. The summed E-state index contributed by atoms with van der Waals surface area (Å²) in [7, 11) is 0. The van der Waals surface area contributed by atoms with E-state index in [2.05, 4.69) is 0 Å². The Morgan fingerprint density at radius 1 is 0.250 bits per heavy atom. The molecule has 8 heavy (non-hydrogen) atoms. The zero-order valence-electron chi connectivity index (χ0n) is 4.41. The van der Waals surface area contributed by atoms with Gasteiger partial charge in [0.1, 0.15) is 0 Å². The van der Waals surface area contributed by atoms with Gasteiger partial charge in [-0.15, -0.1) is 0 Å². The van der Waals surface area contributed by atoms with E-state index in [1.807, 2.05) is 0 Å². The van der Waals surface area contributed by atoms with Gasteiger partial charge in [-0.25, -0.2) is 0 Å². The van der Waals surface area contributed by atoms with E-state index in [-0.39, 0.29) is 52.7 Å². The van der Waals surface area contributed by atoms with E-state index in [0.29, 0.717) is 0 Å². The van der Waals surface area contributed by atoms with E-state index >= 15 is 0 Å². The van der Waals surface area contributed by atoms with Crippen molar-refractivity contribution in [2.75, 3.05) is 0 Å². The minimum atomic E-state index is 0. The molecule has 2 atom stereocenters. The van der Waals surface area contributed by atoms with E-state index in [0.717, 1.165) is 0 Å². The highest BCUT2D eigenvalue weighted by molar-refractivity contribution is 6.92. The van der Waals surface area contributed by atoms with Crippen molar-refractivity contribution in [3.63, 3.8) is 0 Å². The minimum absolute atomic E-state index is 0. The molecular formula is H18O6P2. The second-order valence-corrected chi connectivity index (χ2v) is 0. The van der Waals surface area contributed by atoms with Crippen molar-refractivity contribution in [1.82, 2.24) is 0 Å². The molecule has 0 saturated heterocycles. The highest BCUT2D eigenvalue weighted by Gasteiger charge is -0.152. The average Bonchev–Trinajstić information content (AvgIpc) is 0. The molecule has 0 heterocycles. The van der Waals surface area contributed by atoms with Gasteiger partial charge in [-0.1, -0.05) is 0 Å². The van der Waals surface area contributed by atoms with Crippen LogP contribution in [0.5, 0.6) is 0 Å². The molecule has 0 amide bonds. The molecule has 0 fully saturated rings. The largest absolute Gasteiger partial charge is 0.412 e. The van der Waals surface area contributed by atoms with Gasteiger partial charge in [0, 0.05) is 0 Å². The molecule has 0 spiro atoms. The number of hydrogen-bond acceptors (Lipinski definition) is 0. The fraction of sp³-hybridized carbons (Fsp3) is 0. The normalized spacial score (nSPS) is 0. The zero-order valence-corrected chi connectivity index (χ0v) is 7.24. The van der Waals surface area contributed by atoms with Crippen molar-refractivity contribution in [2.24, 2.45) is 0 Å². The van der Waals surface area contributed by atoms with Crippen molar-refractivity contribution in [2.45, 2.75) is 0 Å². The van der Waals surface area contributed by atoms with Crippen LogP contribution >= 0.6 is 19.8 Å². The molecule has 64 valence electrons. The summed E-state index contributed by atoms with van der Waals surface area (Å²) < 4.78 is 0. The Hall–Kier alpha value is 0.620. The summed E-state index contributed by atoms with van der Waals surface area (Å²) in [5.74, 6) is 0. The van der Waals surface area contributed by atoms with Crippen LogP contribution in [0.25, 0.3) is 0 Å². The van der Waals surface area contributed by atoms with Gasteiger partial charge in [-0.05, 0) is 0 Å². The van der Waals surface area contributed by atoms with E-state index in [1.165, 1.54) is 0 Å². The molecule has 12 N–H and O–H groups in total. The lowest BCUT2D eigenvalue weighted by atomic mass is 16.0. The molecule has 0 aromatic carbocycles. The molecule has 0 aromatic rings. The van der Waals surface area contributed by atoms with Gasteiger partial charge >= 0.3 is 0 Å². The third-order valence-corrected chi connectivity index (χ3v) is 0. The first-order chi connectivity index (χ1) is 0. The number of hydrogen-bond donors (Lipinski definition) is 0. The molecule has 0 aromatic heterocycles. The van der Waals surface area contributed by atoms with E-state index in [1.54, 1.807) is 0 Å². The Morgan fingerprint density at radius 2 is 0.250 bits per heavy atom. The molecule has 0 bridgehead atoms. The second-order valence-electron chi connectivity index (χ2n) is 0. The second kappa shape index (κ2) is 869. The SMILES string of the molecule is O.O.O.O.O.O.P.P. The van der Waals surface area contributed by atoms with Crippen molar-refractivity contribution in [3.8, 4) is 0 Å². The summed E-state index contributed by atoms with van der Waals surface area (Å²) >= 11 is 0. The molecule has 0 aliphatic rings. The molecule has 0 aliphatic carbocycles. The van der Waals surface area contributed by atoms with Gasteiger partial charge in [0.25, 0.3) is 0 Å². The first-order valence-corrected chi connectivity index (χ1v) is 0. The predicted octanol–water partition coefficient (Wildman–Crippen LogP) is -4.83. The van der Waals surface area contributed by atoms with Crippen molar-refractivity contribution < 1.29 is 32.9 Å². The van der Waals surface area contributed by atoms with Crippen LogP contribution in [-0.2, 0) is 0 Å². The van der Waals surface area contributed by atoms with Crippen LogP contribution in [0.4, 0.5) is 0 Å². The van der Waals surface area contributed by atoms with Gasteiger partial charge in [0.15, 0.2) is 0 Å². The molecule has 0 saturated carbocycles. The third-order valence-electron chi connectivity index (χ3n) is 0. The Kier molecular flexibility index (Phi) is 141000. The van der Waals surface area contributed by atoms with E-state index < -0.39 is 0 Å². The highest BCUT2D eigenvalue weighted by Crippen LogP contribution is 0.862. The summed E-state index contributed by atoms with van der Waals surface area (Å²) in [6.45, 7) is 0. The Morgan fingerprint density at radius 3 is 0.250 bits per heavy atom. The Balaban J connectivity index is 0. The summed E-state index contributed by atoms with van der Waals surface area (Å²) in [4.78, 5) is 0. The van der Waals surface area contributed by atoms with Gasteiger partial charge < -0.3 is 32.9 Å². The molecule has 0 rings (SSSR count). The summed E-state index contributed by atoms with van der Waals surface area (Å²) in [6.07, 6.45) is 0. The van der Waals surface area contributed by atoms with Crippen LogP contribution in [0, 0.1) is 0 Å². The lowest BCUT2D eigenvalue weighted by Gasteiger charge is -0.413. The minimum Gasteiger partial charge on any atom is -0.412 e.